The zero-order valence-electron chi connectivity index (χ0n) is 14.7. The van der Waals surface area contributed by atoms with Gasteiger partial charge in [0.15, 0.2) is 0 Å². The molecule has 0 aliphatic heterocycles. The predicted molar refractivity (Wildman–Crippen MR) is 91.1 cm³/mol. The second-order valence-corrected chi connectivity index (χ2v) is 6.52. The molecule has 132 valence electrons. The molecule has 1 saturated carbocycles. The molecular formula is C19H27NO4. The van der Waals surface area contributed by atoms with Gasteiger partial charge in [-0.2, -0.15) is 0 Å². The number of ether oxygens (including phenoxy) is 2. The predicted octanol–water partition coefficient (Wildman–Crippen LogP) is 2.54. The van der Waals surface area contributed by atoms with Crippen LogP contribution in [0, 0.1) is 17.8 Å². The number of nitrogens with one attached hydrogen (secondary N) is 1. The maximum absolute atomic E-state index is 12.4. The van der Waals surface area contributed by atoms with Crippen LogP contribution in [-0.2, 0) is 25.6 Å². The molecule has 1 aromatic carbocycles. The van der Waals surface area contributed by atoms with Crippen molar-refractivity contribution in [3.8, 4) is 0 Å². The quantitative estimate of drug-likeness (QED) is 0.811. The van der Waals surface area contributed by atoms with Crippen LogP contribution in [-0.4, -0.2) is 32.2 Å². The Morgan fingerprint density at radius 3 is 2.46 bits per heavy atom. The van der Waals surface area contributed by atoms with Crippen molar-refractivity contribution in [2.75, 3.05) is 14.2 Å². The van der Waals surface area contributed by atoms with Crippen molar-refractivity contribution >= 4 is 11.9 Å². The SMILES string of the molecule is COC(=O)C[C@H]1[C@H](C(=O)OC)[C@@H](NCc2ccccc2)CC[C@@H]1C. The molecule has 0 aromatic heterocycles. The summed E-state index contributed by atoms with van der Waals surface area (Å²) < 4.78 is 9.85. The summed E-state index contributed by atoms with van der Waals surface area (Å²) in [6.45, 7) is 2.79. The zero-order chi connectivity index (χ0) is 17.5. The largest absolute Gasteiger partial charge is 0.469 e. The molecule has 5 nitrogen and oxygen atoms in total. The normalized spacial score (nSPS) is 26.6. The summed E-state index contributed by atoms with van der Waals surface area (Å²) in [7, 11) is 2.79. The number of rotatable bonds is 6. The van der Waals surface area contributed by atoms with Gasteiger partial charge in [-0.05, 0) is 30.2 Å². The van der Waals surface area contributed by atoms with E-state index in [1.807, 2.05) is 18.2 Å². The minimum Gasteiger partial charge on any atom is -0.469 e. The molecule has 0 bridgehead atoms. The standard InChI is InChI=1S/C19H27NO4/c1-13-9-10-16(20-12-14-7-5-4-6-8-14)18(19(22)24-3)15(13)11-17(21)23-2/h4-8,13,15-16,18,20H,9-12H2,1-3H3/t13-,15+,16-,18-/m0/s1. The molecule has 0 radical (unpaired) electrons. The van der Waals surface area contributed by atoms with Gasteiger partial charge in [0.2, 0.25) is 0 Å². The average Bonchev–Trinajstić information content (AvgIpc) is 2.62. The van der Waals surface area contributed by atoms with Gasteiger partial charge in [0, 0.05) is 19.0 Å². The van der Waals surface area contributed by atoms with Crippen LogP contribution in [0.4, 0.5) is 0 Å². The monoisotopic (exact) mass is 333 g/mol. The summed E-state index contributed by atoms with van der Waals surface area (Å²) >= 11 is 0. The molecule has 5 heteroatoms. The number of benzene rings is 1. The van der Waals surface area contributed by atoms with E-state index in [-0.39, 0.29) is 42.2 Å². The van der Waals surface area contributed by atoms with Gasteiger partial charge >= 0.3 is 11.9 Å². The molecule has 0 heterocycles. The van der Waals surface area contributed by atoms with E-state index in [9.17, 15) is 9.59 Å². The van der Waals surface area contributed by atoms with Crippen molar-refractivity contribution < 1.29 is 19.1 Å². The maximum atomic E-state index is 12.4. The Morgan fingerprint density at radius 1 is 1.12 bits per heavy atom. The fourth-order valence-electron chi connectivity index (χ4n) is 3.64. The average molecular weight is 333 g/mol. The highest BCUT2D eigenvalue weighted by Crippen LogP contribution is 2.38. The Bertz CT molecular complexity index is 546. The summed E-state index contributed by atoms with van der Waals surface area (Å²) in [6, 6.07) is 10.1. The van der Waals surface area contributed by atoms with Gasteiger partial charge in [-0.15, -0.1) is 0 Å². The van der Waals surface area contributed by atoms with Crippen molar-refractivity contribution in [3.05, 3.63) is 35.9 Å². The minimum absolute atomic E-state index is 0.00325. The molecule has 24 heavy (non-hydrogen) atoms. The van der Waals surface area contributed by atoms with Crippen molar-refractivity contribution in [1.82, 2.24) is 5.32 Å². The molecule has 4 atom stereocenters. The molecule has 1 fully saturated rings. The number of carbonyl (C=O) groups excluding carboxylic acids is 2. The van der Waals surface area contributed by atoms with E-state index in [0.717, 1.165) is 12.8 Å². The molecule has 1 aliphatic carbocycles. The van der Waals surface area contributed by atoms with Crippen LogP contribution < -0.4 is 5.32 Å². The highest BCUT2D eigenvalue weighted by atomic mass is 16.5. The first kappa shape index (κ1) is 18.5. The van der Waals surface area contributed by atoms with E-state index in [1.54, 1.807) is 0 Å². The van der Waals surface area contributed by atoms with E-state index in [4.69, 9.17) is 9.47 Å². The molecule has 0 saturated heterocycles. The molecule has 1 aromatic rings. The number of hydrogen-bond acceptors (Lipinski definition) is 5. The van der Waals surface area contributed by atoms with Gasteiger partial charge in [-0.3, -0.25) is 9.59 Å². The lowest BCUT2D eigenvalue weighted by atomic mass is 9.68. The third kappa shape index (κ3) is 4.57. The molecular weight excluding hydrogens is 306 g/mol. The summed E-state index contributed by atoms with van der Waals surface area (Å²) in [6.07, 6.45) is 2.12. The maximum Gasteiger partial charge on any atom is 0.310 e. The van der Waals surface area contributed by atoms with Crippen molar-refractivity contribution in [2.45, 2.75) is 38.8 Å². The summed E-state index contributed by atoms with van der Waals surface area (Å²) in [5, 5.41) is 3.49. The van der Waals surface area contributed by atoms with Gasteiger partial charge in [0.1, 0.15) is 0 Å². The van der Waals surface area contributed by atoms with Gasteiger partial charge in [-0.25, -0.2) is 0 Å². The lowest BCUT2D eigenvalue weighted by Gasteiger charge is -2.40. The molecule has 0 unspecified atom stereocenters. The number of hydrogen-bond donors (Lipinski definition) is 1. The van der Waals surface area contributed by atoms with Crippen LogP contribution in [0.15, 0.2) is 30.3 Å². The first-order valence-corrected chi connectivity index (χ1v) is 8.48. The number of esters is 2. The Balaban J connectivity index is 2.12. The summed E-state index contributed by atoms with van der Waals surface area (Å²) in [5.74, 6) is -0.637. The molecule has 2 rings (SSSR count). The van der Waals surface area contributed by atoms with Crippen LogP contribution >= 0.6 is 0 Å². The van der Waals surface area contributed by atoms with E-state index in [0.29, 0.717) is 6.54 Å². The van der Waals surface area contributed by atoms with E-state index >= 15 is 0 Å². The van der Waals surface area contributed by atoms with Gasteiger partial charge in [-0.1, -0.05) is 37.3 Å². The molecule has 0 spiro atoms. The number of carbonyl (C=O) groups is 2. The van der Waals surface area contributed by atoms with Crippen molar-refractivity contribution in [3.63, 3.8) is 0 Å². The summed E-state index contributed by atoms with van der Waals surface area (Å²) in [4.78, 5) is 24.2. The van der Waals surface area contributed by atoms with Gasteiger partial charge in [0.25, 0.3) is 0 Å². The molecule has 1 aliphatic rings. The Hall–Kier alpha value is -1.88. The highest BCUT2D eigenvalue weighted by Gasteiger charge is 2.43. The third-order valence-electron chi connectivity index (χ3n) is 5.07. The highest BCUT2D eigenvalue weighted by molar-refractivity contribution is 5.76. The number of methoxy groups -OCH3 is 2. The fourth-order valence-corrected chi connectivity index (χ4v) is 3.64. The van der Waals surface area contributed by atoms with Crippen LogP contribution in [0.1, 0.15) is 31.7 Å². The molecule has 1 N–H and O–H groups in total. The second kappa shape index (κ2) is 8.83. The molecule has 0 amide bonds. The Morgan fingerprint density at radius 2 is 1.83 bits per heavy atom. The van der Waals surface area contributed by atoms with Crippen LogP contribution in [0.5, 0.6) is 0 Å². The second-order valence-electron chi connectivity index (χ2n) is 6.52. The van der Waals surface area contributed by atoms with E-state index in [1.165, 1.54) is 19.8 Å². The first-order chi connectivity index (χ1) is 11.6. The van der Waals surface area contributed by atoms with Crippen molar-refractivity contribution in [2.24, 2.45) is 17.8 Å². The smallest absolute Gasteiger partial charge is 0.310 e. The topological polar surface area (TPSA) is 64.6 Å². The summed E-state index contributed by atoms with van der Waals surface area (Å²) in [5.41, 5.74) is 1.17. The van der Waals surface area contributed by atoms with Crippen LogP contribution in [0.3, 0.4) is 0 Å². The minimum atomic E-state index is -0.332. The Kier molecular flexibility index (Phi) is 6.79. The Labute approximate surface area is 143 Å². The first-order valence-electron chi connectivity index (χ1n) is 8.48. The van der Waals surface area contributed by atoms with Crippen molar-refractivity contribution in [1.29, 1.82) is 0 Å². The fraction of sp³-hybridized carbons (Fsp3) is 0.579. The third-order valence-corrected chi connectivity index (χ3v) is 5.07. The van der Waals surface area contributed by atoms with Gasteiger partial charge < -0.3 is 14.8 Å². The van der Waals surface area contributed by atoms with E-state index in [2.05, 4.69) is 24.4 Å². The van der Waals surface area contributed by atoms with Crippen LogP contribution in [0.25, 0.3) is 0 Å². The van der Waals surface area contributed by atoms with Crippen LogP contribution in [0.2, 0.25) is 0 Å². The zero-order valence-corrected chi connectivity index (χ0v) is 14.7. The lowest BCUT2D eigenvalue weighted by molar-refractivity contribution is -0.153. The lowest BCUT2D eigenvalue weighted by Crippen LogP contribution is -2.49. The van der Waals surface area contributed by atoms with E-state index < -0.39 is 0 Å². The van der Waals surface area contributed by atoms with Gasteiger partial charge in [0.05, 0.1) is 20.1 Å².